The molecule has 10 atom stereocenters. The Hall–Kier alpha value is -6.20. The largest absolute Gasteiger partial charge is 1.00 e. The number of rotatable bonds is 11. The number of carboxylic acid groups (broad SMARTS) is 2. The number of esters is 1. The van der Waals surface area contributed by atoms with Crippen LogP contribution in [0.1, 0.15) is 212 Å². The molecule has 24 nitrogen and oxygen atoms in total. The number of hydrogen-bond donors (Lipinski definition) is 3. The van der Waals surface area contributed by atoms with Gasteiger partial charge in [-0.25, -0.2) is 14.4 Å². The molecule has 4 aliphatic heterocycles. The Balaban J connectivity index is 0.000000145. The minimum Gasteiger partial charge on any atom is -0.870 e. The average molecular weight is 1400 g/mol. The maximum absolute atomic E-state index is 13.7. The first-order chi connectivity index (χ1) is 46.5. The molecule has 8 aliphatic carbocycles. The normalized spacial score (nSPS) is 30.8. The number of fused-ring (bicyclic) bond motifs is 13. The molecule has 0 bridgehead atoms. The molecule has 0 amide bonds. The highest BCUT2D eigenvalue weighted by molar-refractivity contribution is 6.74. The topological polar surface area (TPSA) is 334 Å². The molecular weight excluding hydrogens is 1300 g/mol. The summed E-state index contributed by atoms with van der Waals surface area (Å²) in [5.74, 6) is -3.82. The van der Waals surface area contributed by atoms with Crippen LogP contribution in [0.2, 0.25) is 18.1 Å². The summed E-state index contributed by atoms with van der Waals surface area (Å²) >= 11 is 0. The summed E-state index contributed by atoms with van der Waals surface area (Å²) in [7, 11) is 2.32. The van der Waals surface area contributed by atoms with Crippen molar-refractivity contribution in [3.63, 3.8) is 0 Å². The molecule has 1 aromatic carbocycles. The highest BCUT2D eigenvalue weighted by Crippen LogP contribution is 2.69. The number of ether oxygens (including phenoxy) is 10. The predicted octanol–water partition coefficient (Wildman–Crippen LogP) is 11.8. The van der Waals surface area contributed by atoms with Crippen molar-refractivity contribution in [2.45, 2.75) is 197 Å². The van der Waals surface area contributed by atoms with E-state index >= 15 is 0 Å². The van der Waals surface area contributed by atoms with Crippen LogP contribution in [-0.2, 0) is 64.0 Å². The second kappa shape index (κ2) is 25.9. The van der Waals surface area contributed by atoms with Gasteiger partial charge in [-0.3, -0.25) is 9.59 Å². The lowest BCUT2D eigenvalue weighted by molar-refractivity contribution is -0.225. The maximum atomic E-state index is 13.7. The van der Waals surface area contributed by atoms with Gasteiger partial charge in [0, 0.05) is 101 Å². The third-order valence-electron chi connectivity index (χ3n) is 25.7. The number of cyclic esters (lactones) is 1. The molecule has 12 aliphatic rings. The number of benzene rings is 1. The number of carbonyl (C=O) groups excluding carboxylic acids is 4. The Morgan fingerprint density at radius 1 is 0.677 bits per heavy atom. The zero-order valence-electron chi connectivity index (χ0n) is 60.1. The molecule has 0 radical (unpaired) electrons. The van der Waals surface area contributed by atoms with Crippen molar-refractivity contribution in [3.05, 3.63) is 97.1 Å². The van der Waals surface area contributed by atoms with Crippen molar-refractivity contribution >= 4 is 55.0 Å². The fourth-order valence-electron chi connectivity index (χ4n) is 19.6. The van der Waals surface area contributed by atoms with E-state index in [1.54, 1.807) is 14.0 Å². The number of aliphatic hydroxyl groups excluding tert-OH is 1. The van der Waals surface area contributed by atoms with E-state index in [0.717, 1.165) is 92.1 Å². The monoisotopic (exact) mass is 1400 g/mol. The van der Waals surface area contributed by atoms with E-state index in [1.807, 2.05) is 6.92 Å². The van der Waals surface area contributed by atoms with Gasteiger partial charge < -0.3 is 90.6 Å². The number of allylic oxidation sites excluding steroid dienone is 2. The van der Waals surface area contributed by atoms with Gasteiger partial charge in [0.1, 0.15) is 54.5 Å². The van der Waals surface area contributed by atoms with E-state index in [9.17, 15) is 44.1 Å². The Kier molecular flexibility index (Phi) is 19.0. The van der Waals surface area contributed by atoms with Gasteiger partial charge in [-0.15, -0.1) is 0 Å². The van der Waals surface area contributed by atoms with Gasteiger partial charge in [-0.1, -0.05) is 47.1 Å². The second-order valence-corrected chi connectivity index (χ2v) is 35.7. The van der Waals surface area contributed by atoms with E-state index in [0.29, 0.717) is 98.6 Å². The van der Waals surface area contributed by atoms with Gasteiger partial charge >= 0.3 is 19.3 Å². The molecule has 3 saturated heterocycles. The molecule has 6 unspecified atom stereocenters. The average Bonchev–Trinajstić information content (AvgIpc) is 1.47. The number of carbonyl (C=O) groups is 6. The molecule has 25 heteroatoms. The smallest absolute Gasteiger partial charge is 0.870 e. The number of aromatic carboxylic acids is 2. The summed E-state index contributed by atoms with van der Waals surface area (Å²) in [5.41, 5.74) is 6.84. The number of aldehydes is 1. The van der Waals surface area contributed by atoms with Crippen LogP contribution < -0.4 is 4.43 Å². The molecule has 3 saturated carbocycles. The predicted molar refractivity (Wildman–Crippen MR) is 355 cm³/mol. The first kappa shape index (κ1) is 72.6. The van der Waals surface area contributed by atoms with Crippen LogP contribution in [0.15, 0.2) is 54.3 Å². The summed E-state index contributed by atoms with van der Waals surface area (Å²) < 4.78 is 81.8. The zero-order chi connectivity index (χ0) is 70.2. The number of furan rings is 3. The van der Waals surface area contributed by atoms with Crippen molar-refractivity contribution in [3.8, 4) is 5.75 Å². The molecule has 4 aromatic rings. The molecule has 7 heterocycles. The molecule has 6 fully saturated rings. The van der Waals surface area contributed by atoms with E-state index < -0.39 is 61.2 Å². The van der Waals surface area contributed by atoms with Crippen LogP contribution in [-0.4, -0.2) is 175 Å². The summed E-state index contributed by atoms with van der Waals surface area (Å²) in [6, 6.07) is 0. The van der Waals surface area contributed by atoms with Gasteiger partial charge in [-0.2, -0.15) is 0 Å². The minimum absolute atomic E-state index is 0. The molecule has 99 heavy (non-hydrogen) atoms. The number of carboxylic acids is 2. The third-order valence-corrected chi connectivity index (χ3v) is 30.0. The molecule has 4 N–H and O–H groups in total. The highest BCUT2D eigenvalue weighted by atomic mass is 28.4. The number of methoxy groups -OCH3 is 3. The third kappa shape index (κ3) is 10.6. The van der Waals surface area contributed by atoms with E-state index in [4.69, 9.17) is 60.3 Å². The summed E-state index contributed by atoms with van der Waals surface area (Å²) in [6.07, 6.45) is 12.6. The lowest BCUT2D eigenvalue weighted by Crippen LogP contribution is -2.53. The second-order valence-electron chi connectivity index (χ2n) is 31.0. The Morgan fingerprint density at radius 3 is 1.72 bits per heavy atom. The lowest BCUT2D eigenvalue weighted by atomic mass is 9.55. The Morgan fingerprint density at radius 2 is 1.19 bits per heavy atom. The van der Waals surface area contributed by atoms with Crippen molar-refractivity contribution in [2.75, 3.05) is 80.8 Å². The van der Waals surface area contributed by atoms with Gasteiger partial charge in [0.25, 0.3) is 8.32 Å². The Labute approximate surface area is 577 Å². The SMILES string of the molecule is COCC(O)C1(C)C2=C(C(=O)c3occ(C(=O)O)c31)[C@@H]1CCC3(OCCO3)C1(C)CC2.COCC=O.COC[C@H]1OC(=O)c2coc3c2C1C1=C(C3=O)[C@@H]2CCC3(OCCO3)C2(C)CC1.Cc1c2c(c(O[Si](C)(C)C(C)(C)C)c3occ(C(=O)O)c13)[C@@H]1CCC3(OCCO3)C1(C)CC2.[H+].[OH-]. The summed E-state index contributed by atoms with van der Waals surface area (Å²) in [5, 5.41) is 31.5. The minimum atomic E-state index is -2.24. The van der Waals surface area contributed by atoms with Crippen molar-refractivity contribution in [1.82, 2.24) is 0 Å². The van der Waals surface area contributed by atoms with Crippen LogP contribution in [0, 0.1) is 35.0 Å². The van der Waals surface area contributed by atoms with Crippen LogP contribution >= 0.6 is 0 Å². The summed E-state index contributed by atoms with van der Waals surface area (Å²) in [6.45, 7) is 25.6. The number of hydrogen-bond acceptors (Lipinski definition) is 22. The fraction of sp³-hybridized carbons (Fsp3) is 0.649. The molecule has 3 aromatic heterocycles. The first-order valence-corrected chi connectivity index (χ1v) is 37.5. The van der Waals surface area contributed by atoms with E-state index in [2.05, 4.69) is 59.4 Å². The quantitative estimate of drug-likeness (QED) is 0.0713. The Bertz CT molecular complexity index is 3960. The standard InChI is InChI=1S/C26H36O6Si.C23H28O8.C22H24O7.C3H6O2.H2O/c1-15-16-8-10-25(5)18(9-11-26(25)30-12-13-31-26)20(16)22(32-33(6,7)24(2,3)4)21-19(15)17(14-29-21)23(27)28;1-21-6-4-14-16(13(21)5-7-23(21)30-8-9-31-23)18(25)19-17(12(10-29-19)20(26)27)22(14,2)15(24)11-28-3;1-21-5-3-11-15(13(21)4-6-22(21)27-7-8-28-22)18(23)19-17-12(9-26-19)20(24)29-14(10-25-2)16(11)17;1-5-3-2-4;/h14,18H,8-13H2,1-7H3,(H,27,28);10,13,15,24H,4-9,11H2,1-3H3,(H,26,27);9,13-14,16H,3-8,10H2,1-2H3;2H,3H2,1H3;1H2/t18-,25?;13-,15?,21?,22?;13-,14+,16?,21?;;/m000../s1. The lowest BCUT2D eigenvalue weighted by Gasteiger charge is -2.51. The van der Waals surface area contributed by atoms with Crippen LogP contribution in [0.3, 0.4) is 0 Å². The van der Waals surface area contributed by atoms with Crippen LogP contribution in [0.25, 0.3) is 11.0 Å². The number of Topliss-reactive ketones (excluding diaryl/α,β-unsaturated/α-hetero) is 2. The van der Waals surface area contributed by atoms with E-state index in [1.165, 1.54) is 37.9 Å². The van der Waals surface area contributed by atoms with E-state index in [-0.39, 0.29) is 106 Å². The number of aryl methyl sites for hydroxylation is 1. The fourth-order valence-corrected chi connectivity index (χ4v) is 20.6. The zero-order valence-corrected chi connectivity index (χ0v) is 60.1. The van der Waals surface area contributed by atoms with Gasteiger partial charge in [0.15, 0.2) is 40.2 Å². The van der Waals surface area contributed by atoms with Crippen molar-refractivity contribution in [2.24, 2.45) is 28.1 Å². The molecule has 16 rings (SSSR count). The first-order valence-electron chi connectivity index (χ1n) is 34.6. The van der Waals surface area contributed by atoms with Gasteiger partial charge in [-0.05, 0) is 124 Å². The van der Waals surface area contributed by atoms with Crippen LogP contribution in [0.5, 0.6) is 5.75 Å². The van der Waals surface area contributed by atoms with Crippen LogP contribution in [0.4, 0.5) is 0 Å². The number of aliphatic hydroxyl groups is 1. The maximum Gasteiger partial charge on any atom is 1.00 e. The van der Waals surface area contributed by atoms with Gasteiger partial charge in [0.05, 0.1) is 59.0 Å². The van der Waals surface area contributed by atoms with Crippen molar-refractivity contribution < 1.29 is 116 Å². The number of ketones is 2. The molecule has 540 valence electrons. The van der Waals surface area contributed by atoms with Gasteiger partial charge in [0.2, 0.25) is 11.6 Å². The van der Waals surface area contributed by atoms with Crippen molar-refractivity contribution in [1.29, 1.82) is 0 Å². The highest BCUT2D eigenvalue weighted by Gasteiger charge is 2.69. The molecule has 3 spiro atoms. The molecular formula is C74H96O24Si. The summed E-state index contributed by atoms with van der Waals surface area (Å²) in [4.78, 5) is 73.0.